The van der Waals surface area contributed by atoms with Gasteiger partial charge in [0.2, 0.25) is 5.91 Å². The molecule has 0 aliphatic heterocycles. The van der Waals surface area contributed by atoms with Gasteiger partial charge < -0.3 is 28.8 Å². The van der Waals surface area contributed by atoms with Crippen LogP contribution < -0.4 is 10.2 Å². The second kappa shape index (κ2) is 43.0. The number of likely N-dealkylation sites (N-methyl/N-ethyl adjacent to an activating group) is 1. The van der Waals surface area contributed by atoms with Crippen molar-refractivity contribution in [3.05, 3.63) is 36.5 Å². The lowest BCUT2D eigenvalue weighted by Gasteiger charge is -2.29. The zero-order valence-electron chi connectivity index (χ0n) is 40.2. The second-order valence-corrected chi connectivity index (χ2v) is 19.9. The number of rotatable bonds is 46. The molecule has 3 unspecified atom stereocenters. The molecule has 60 heavy (non-hydrogen) atoms. The number of carbonyl (C=O) groups is 1. The number of amides is 1. The fourth-order valence-electron chi connectivity index (χ4n) is 7.30. The molecule has 0 aromatic heterocycles. The van der Waals surface area contributed by atoms with Crippen LogP contribution in [-0.2, 0) is 18.4 Å². The van der Waals surface area contributed by atoms with Crippen LogP contribution in [0.3, 0.4) is 0 Å². The molecule has 0 fully saturated rings. The summed E-state index contributed by atoms with van der Waals surface area (Å²) in [5.74, 6) is -0.209. The predicted octanol–water partition coefficient (Wildman–Crippen LogP) is 14.0. The average molecular weight is 867 g/mol. The zero-order valence-corrected chi connectivity index (χ0v) is 41.1. The van der Waals surface area contributed by atoms with Crippen LogP contribution in [-0.4, -0.2) is 68.5 Å². The number of nitrogens with zero attached hydrogens (tertiary/aromatic N) is 1. The maximum Gasteiger partial charge on any atom is 0.268 e. The van der Waals surface area contributed by atoms with Crippen LogP contribution >= 0.6 is 7.82 Å². The number of phosphoric ester groups is 1. The van der Waals surface area contributed by atoms with E-state index in [1.54, 1.807) is 6.08 Å². The Morgan fingerprint density at radius 2 is 0.933 bits per heavy atom. The highest BCUT2D eigenvalue weighted by Crippen LogP contribution is 2.38. The number of hydrogen-bond acceptors (Lipinski definition) is 6. The molecule has 0 aromatic carbocycles. The van der Waals surface area contributed by atoms with Crippen LogP contribution in [0.4, 0.5) is 0 Å². The summed E-state index contributed by atoms with van der Waals surface area (Å²) >= 11 is 0. The predicted molar refractivity (Wildman–Crippen MR) is 256 cm³/mol. The molecule has 0 spiro atoms. The number of carbonyl (C=O) groups excluding carboxylic acids is 1. The lowest BCUT2D eigenvalue weighted by molar-refractivity contribution is -0.870. The maximum absolute atomic E-state index is 12.9. The van der Waals surface area contributed by atoms with Gasteiger partial charge >= 0.3 is 0 Å². The average Bonchev–Trinajstić information content (AvgIpc) is 3.20. The Morgan fingerprint density at radius 1 is 0.567 bits per heavy atom. The molecule has 1 amide bonds. The summed E-state index contributed by atoms with van der Waals surface area (Å²) in [6, 6.07) is -0.906. The van der Waals surface area contributed by atoms with Gasteiger partial charge in [0.15, 0.2) is 0 Å². The van der Waals surface area contributed by atoms with E-state index in [-0.39, 0.29) is 12.5 Å². The Kier molecular flexibility index (Phi) is 42.1. The highest BCUT2D eigenvalue weighted by Gasteiger charge is 2.23. The second-order valence-electron chi connectivity index (χ2n) is 18.5. The van der Waals surface area contributed by atoms with E-state index in [4.69, 9.17) is 9.05 Å². The Labute approximate surface area is 372 Å². The SMILES string of the molecule is CCCCCCCCCCCCC/C=C/CC/C=C/CC/C=C/C(O)C(COP(=O)([O-])OCC[N+](C)(C)C)NC(=O)CCCCCCCCCCCCCCCCCCC. The molecular formula is C51H99N2O6P. The Morgan fingerprint density at radius 3 is 1.35 bits per heavy atom. The van der Waals surface area contributed by atoms with Gasteiger partial charge in [-0.05, 0) is 44.9 Å². The van der Waals surface area contributed by atoms with Crippen molar-refractivity contribution in [3.8, 4) is 0 Å². The number of unbranched alkanes of at least 4 members (excludes halogenated alkanes) is 29. The van der Waals surface area contributed by atoms with E-state index < -0.39 is 26.6 Å². The molecule has 0 bridgehead atoms. The number of aliphatic hydroxyl groups excluding tert-OH is 1. The third-order valence-corrected chi connectivity index (χ3v) is 12.3. The first-order valence-corrected chi connectivity index (χ1v) is 26.8. The molecule has 0 radical (unpaired) electrons. The van der Waals surface area contributed by atoms with Crippen molar-refractivity contribution in [1.29, 1.82) is 0 Å². The quantitative estimate of drug-likeness (QED) is 0.0273. The first-order chi connectivity index (χ1) is 29.0. The zero-order chi connectivity index (χ0) is 44.3. The maximum atomic E-state index is 12.9. The van der Waals surface area contributed by atoms with E-state index >= 15 is 0 Å². The molecule has 0 aromatic rings. The summed E-state index contributed by atoms with van der Waals surface area (Å²) in [6.07, 6.45) is 53.4. The number of aliphatic hydroxyl groups is 1. The molecule has 0 heterocycles. The summed E-state index contributed by atoms with van der Waals surface area (Å²) in [5.41, 5.74) is 0. The smallest absolute Gasteiger partial charge is 0.268 e. The molecule has 9 heteroatoms. The largest absolute Gasteiger partial charge is 0.756 e. The van der Waals surface area contributed by atoms with E-state index in [0.29, 0.717) is 17.4 Å². The fraction of sp³-hybridized carbons (Fsp3) is 0.863. The van der Waals surface area contributed by atoms with Gasteiger partial charge in [-0.3, -0.25) is 9.36 Å². The molecule has 0 aliphatic rings. The molecule has 0 rings (SSSR count). The topological polar surface area (TPSA) is 108 Å². The van der Waals surface area contributed by atoms with Crippen molar-refractivity contribution in [2.45, 2.75) is 244 Å². The molecule has 0 aliphatic carbocycles. The van der Waals surface area contributed by atoms with Crippen LogP contribution in [0.2, 0.25) is 0 Å². The van der Waals surface area contributed by atoms with Gasteiger partial charge in [0, 0.05) is 6.42 Å². The minimum absolute atomic E-state index is 0.00763. The fourth-order valence-corrected chi connectivity index (χ4v) is 8.03. The van der Waals surface area contributed by atoms with E-state index in [0.717, 1.165) is 44.9 Å². The summed E-state index contributed by atoms with van der Waals surface area (Å²) < 4.78 is 23.2. The van der Waals surface area contributed by atoms with E-state index in [1.807, 2.05) is 27.2 Å². The molecule has 0 saturated carbocycles. The normalized spacial score (nSPS) is 14.4. The summed E-state index contributed by atoms with van der Waals surface area (Å²) in [5, 5.41) is 13.8. The van der Waals surface area contributed by atoms with Gasteiger partial charge in [-0.15, -0.1) is 0 Å². The first kappa shape index (κ1) is 58.7. The van der Waals surface area contributed by atoms with Gasteiger partial charge in [0.05, 0.1) is 39.9 Å². The lowest BCUT2D eigenvalue weighted by Crippen LogP contribution is -2.45. The number of nitrogens with one attached hydrogen (secondary N) is 1. The number of quaternary nitrogens is 1. The third-order valence-electron chi connectivity index (χ3n) is 11.3. The van der Waals surface area contributed by atoms with Gasteiger partial charge in [-0.1, -0.05) is 217 Å². The van der Waals surface area contributed by atoms with Gasteiger partial charge in [-0.25, -0.2) is 0 Å². The minimum Gasteiger partial charge on any atom is -0.756 e. The third kappa shape index (κ3) is 44.8. The number of allylic oxidation sites excluding steroid dienone is 5. The van der Waals surface area contributed by atoms with Gasteiger partial charge in [0.25, 0.3) is 7.82 Å². The minimum atomic E-state index is -4.60. The molecular weight excluding hydrogens is 768 g/mol. The highest BCUT2D eigenvalue weighted by molar-refractivity contribution is 7.45. The Hall–Kier alpha value is -1.28. The molecule has 2 N–H and O–H groups in total. The van der Waals surface area contributed by atoms with Crippen molar-refractivity contribution >= 4 is 13.7 Å². The lowest BCUT2D eigenvalue weighted by atomic mass is 10.0. The summed E-state index contributed by atoms with van der Waals surface area (Å²) in [7, 11) is 1.24. The van der Waals surface area contributed by atoms with Gasteiger partial charge in [-0.2, -0.15) is 0 Å². The molecule has 3 atom stereocenters. The Balaban J connectivity index is 4.39. The highest BCUT2D eigenvalue weighted by atomic mass is 31.2. The van der Waals surface area contributed by atoms with E-state index in [1.165, 1.54) is 167 Å². The summed E-state index contributed by atoms with van der Waals surface area (Å²) in [4.78, 5) is 25.4. The first-order valence-electron chi connectivity index (χ1n) is 25.4. The van der Waals surface area contributed by atoms with Crippen LogP contribution in [0.15, 0.2) is 36.5 Å². The van der Waals surface area contributed by atoms with Crippen molar-refractivity contribution in [2.24, 2.45) is 0 Å². The van der Waals surface area contributed by atoms with Crippen molar-refractivity contribution < 1.29 is 32.9 Å². The monoisotopic (exact) mass is 867 g/mol. The number of hydrogen-bond donors (Lipinski definition) is 2. The summed E-state index contributed by atoms with van der Waals surface area (Å²) in [6.45, 7) is 4.64. The number of phosphoric acid groups is 1. The van der Waals surface area contributed by atoms with Crippen LogP contribution in [0.25, 0.3) is 0 Å². The molecule has 8 nitrogen and oxygen atoms in total. The van der Waals surface area contributed by atoms with E-state index in [2.05, 4.69) is 43.5 Å². The van der Waals surface area contributed by atoms with Gasteiger partial charge in [0.1, 0.15) is 13.2 Å². The van der Waals surface area contributed by atoms with Crippen molar-refractivity contribution in [2.75, 3.05) is 40.9 Å². The molecule has 354 valence electrons. The Bertz CT molecular complexity index is 1070. The van der Waals surface area contributed by atoms with Crippen LogP contribution in [0, 0.1) is 0 Å². The molecule has 0 saturated heterocycles. The van der Waals surface area contributed by atoms with Crippen molar-refractivity contribution in [3.63, 3.8) is 0 Å². The standard InChI is InChI=1S/C51H99N2O6P/c1-6-8-10-12-14-16-18-20-22-24-25-26-27-29-30-32-34-36-38-40-42-44-50(54)49(48-59-60(56,57)58-47-46-53(3,4)5)52-51(55)45-43-41-39-37-35-33-31-28-23-21-19-17-15-13-11-9-7-2/h27,29,34,36,42,44,49-50,54H,6-26,28,30-33,35,37-41,43,45-48H2,1-5H3,(H-,52,55,56,57)/b29-27+,36-34+,44-42+. The van der Waals surface area contributed by atoms with Crippen molar-refractivity contribution in [1.82, 2.24) is 5.32 Å². The van der Waals surface area contributed by atoms with Crippen LogP contribution in [0.1, 0.15) is 232 Å². The van der Waals surface area contributed by atoms with E-state index in [9.17, 15) is 19.4 Å². The van der Waals surface area contributed by atoms with Crippen LogP contribution in [0.5, 0.6) is 0 Å².